The molecule has 1 aliphatic rings. The molecule has 94 valence electrons. The average molecular weight is 244 g/mol. The molecule has 1 aromatic rings. The molecule has 1 fully saturated rings. The van der Waals surface area contributed by atoms with Crippen molar-refractivity contribution in [1.82, 2.24) is 4.98 Å². The molecule has 0 aromatic carbocycles. The summed E-state index contributed by atoms with van der Waals surface area (Å²) in [6.45, 7) is 0.229. The summed E-state index contributed by atoms with van der Waals surface area (Å²) in [5, 5.41) is 0. The van der Waals surface area contributed by atoms with E-state index in [4.69, 9.17) is 5.73 Å². The first-order valence-corrected chi connectivity index (χ1v) is 5.74. The van der Waals surface area contributed by atoms with Crippen LogP contribution in [0.15, 0.2) is 12.3 Å². The van der Waals surface area contributed by atoms with E-state index in [-0.39, 0.29) is 25.3 Å². The topological polar surface area (TPSA) is 38.9 Å². The summed E-state index contributed by atoms with van der Waals surface area (Å²) < 4.78 is 39.7. The van der Waals surface area contributed by atoms with Gasteiger partial charge in [0.2, 0.25) is 5.92 Å². The van der Waals surface area contributed by atoms with Crippen molar-refractivity contribution in [2.45, 2.75) is 44.1 Å². The van der Waals surface area contributed by atoms with Crippen molar-refractivity contribution in [3.63, 3.8) is 0 Å². The maximum absolute atomic E-state index is 13.7. The predicted molar refractivity (Wildman–Crippen MR) is 58.2 cm³/mol. The van der Waals surface area contributed by atoms with Gasteiger partial charge in [-0.15, -0.1) is 0 Å². The Bertz CT molecular complexity index is 397. The fourth-order valence-corrected chi connectivity index (χ4v) is 2.21. The minimum Gasteiger partial charge on any atom is -0.326 e. The molecule has 1 aliphatic carbocycles. The smallest absolute Gasteiger partial charge is 0.248 e. The van der Waals surface area contributed by atoms with Crippen LogP contribution in [-0.2, 0) is 6.54 Å². The van der Waals surface area contributed by atoms with Gasteiger partial charge in [-0.05, 0) is 24.5 Å². The van der Waals surface area contributed by atoms with E-state index in [1.807, 2.05) is 0 Å². The van der Waals surface area contributed by atoms with E-state index in [1.54, 1.807) is 0 Å². The molecular formula is C12H15F3N2. The number of hydrogen-bond acceptors (Lipinski definition) is 2. The number of halogens is 3. The molecule has 0 unspecified atom stereocenters. The number of nitrogens with zero attached hydrogens (tertiary/aromatic N) is 1. The van der Waals surface area contributed by atoms with Gasteiger partial charge in [0.1, 0.15) is 5.82 Å². The SMILES string of the molecule is NCc1cnc(C2CCC(F)(F)CC2)c(F)c1. The molecule has 0 saturated heterocycles. The van der Waals surface area contributed by atoms with Crippen molar-refractivity contribution < 1.29 is 13.2 Å². The Morgan fingerprint density at radius 3 is 2.53 bits per heavy atom. The van der Waals surface area contributed by atoms with Crippen LogP contribution in [0.2, 0.25) is 0 Å². The van der Waals surface area contributed by atoms with Gasteiger partial charge in [-0.2, -0.15) is 0 Å². The van der Waals surface area contributed by atoms with E-state index in [0.29, 0.717) is 24.1 Å². The second kappa shape index (κ2) is 4.64. The normalized spacial score (nSPS) is 20.5. The lowest BCUT2D eigenvalue weighted by Gasteiger charge is -2.28. The highest BCUT2D eigenvalue weighted by Gasteiger charge is 2.36. The van der Waals surface area contributed by atoms with E-state index in [0.717, 1.165) is 0 Å². The highest BCUT2D eigenvalue weighted by Crippen LogP contribution is 2.40. The third kappa shape index (κ3) is 2.77. The van der Waals surface area contributed by atoms with E-state index < -0.39 is 11.7 Å². The maximum atomic E-state index is 13.7. The lowest BCUT2D eigenvalue weighted by atomic mass is 9.84. The van der Waals surface area contributed by atoms with Gasteiger partial charge < -0.3 is 5.73 Å². The zero-order valence-electron chi connectivity index (χ0n) is 9.43. The molecule has 2 N–H and O–H groups in total. The van der Waals surface area contributed by atoms with Gasteiger partial charge in [0, 0.05) is 31.5 Å². The molecular weight excluding hydrogens is 229 g/mol. The Morgan fingerprint density at radius 1 is 1.35 bits per heavy atom. The third-order valence-corrected chi connectivity index (χ3v) is 3.27. The predicted octanol–water partition coefficient (Wildman–Crippen LogP) is 2.97. The molecule has 0 radical (unpaired) electrons. The number of nitrogens with two attached hydrogens (primary N) is 1. The molecule has 0 bridgehead atoms. The number of aromatic nitrogens is 1. The van der Waals surface area contributed by atoms with Gasteiger partial charge in [0.25, 0.3) is 0 Å². The Morgan fingerprint density at radius 2 is 2.00 bits per heavy atom. The molecule has 5 heteroatoms. The molecule has 1 aromatic heterocycles. The molecule has 2 rings (SSSR count). The van der Waals surface area contributed by atoms with Crippen molar-refractivity contribution in [1.29, 1.82) is 0 Å². The summed E-state index contributed by atoms with van der Waals surface area (Å²) in [6.07, 6.45) is 1.73. The summed E-state index contributed by atoms with van der Waals surface area (Å²) in [6, 6.07) is 1.34. The van der Waals surface area contributed by atoms with E-state index in [1.165, 1.54) is 12.3 Å². The second-order valence-electron chi connectivity index (χ2n) is 4.54. The van der Waals surface area contributed by atoms with Crippen LogP contribution in [0, 0.1) is 5.82 Å². The first-order chi connectivity index (χ1) is 8.02. The summed E-state index contributed by atoms with van der Waals surface area (Å²) in [5.74, 6) is -3.21. The zero-order chi connectivity index (χ0) is 12.5. The highest BCUT2D eigenvalue weighted by molar-refractivity contribution is 5.19. The van der Waals surface area contributed by atoms with Crippen LogP contribution >= 0.6 is 0 Å². The summed E-state index contributed by atoms with van der Waals surface area (Å²) in [7, 11) is 0. The molecule has 1 heterocycles. The van der Waals surface area contributed by atoms with Crippen LogP contribution in [-0.4, -0.2) is 10.9 Å². The van der Waals surface area contributed by atoms with Crippen LogP contribution in [0.4, 0.5) is 13.2 Å². The van der Waals surface area contributed by atoms with Crippen LogP contribution < -0.4 is 5.73 Å². The zero-order valence-corrected chi connectivity index (χ0v) is 9.43. The lowest BCUT2D eigenvalue weighted by molar-refractivity contribution is -0.0387. The molecule has 2 nitrogen and oxygen atoms in total. The fourth-order valence-electron chi connectivity index (χ4n) is 2.21. The molecule has 0 spiro atoms. The Kier molecular flexibility index (Phi) is 3.38. The number of rotatable bonds is 2. The van der Waals surface area contributed by atoms with E-state index in [9.17, 15) is 13.2 Å². The molecule has 0 atom stereocenters. The first kappa shape index (κ1) is 12.4. The maximum Gasteiger partial charge on any atom is 0.248 e. The van der Waals surface area contributed by atoms with Crippen LogP contribution in [0.3, 0.4) is 0 Å². The quantitative estimate of drug-likeness (QED) is 0.868. The van der Waals surface area contributed by atoms with Crippen molar-refractivity contribution in [2.75, 3.05) is 0 Å². The van der Waals surface area contributed by atoms with Crippen molar-refractivity contribution in [2.24, 2.45) is 5.73 Å². The van der Waals surface area contributed by atoms with Gasteiger partial charge in [0.15, 0.2) is 0 Å². The van der Waals surface area contributed by atoms with Gasteiger partial charge in [0.05, 0.1) is 5.69 Å². The Balaban J connectivity index is 2.13. The number of alkyl halides is 2. The number of hydrogen-bond donors (Lipinski definition) is 1. The standard InChI is InChI=1S/C12H15F3N2/c13-10-5-8(6-16)7-17-11(10)9-1-3-12(14,15)4-2-9/h5,7,9H,1-4,6,16H2. The second-order valence-corrected chi connectivity index (χ2v) is 4.54. The Hall–Kier alpha value is -1.10. The van der Waals surface area contributed by atoms with Gasteiger partial charge in [-0.25, -0.2) is 13.2 Å². The molecule has 0 amide bonds. The van der Waals surface area contributed by atoms with Crippen LogP contribution in [0.5, 0.6) is 0 Å². The average Bonchev–Trinajstić information content (AvgIpc) is 2.29. The fraction of sp³-hybridized carbons (Fsp3) is 0.583. The monoisotopic (exact) mass is 244 g/mol. The van der Waals surface area contributed by atoms with Crippen molar-refractivity contribution in [3.05, 3.63) is 29.3 Å². The largest absolute Gasteiger partial charge is 0.326 e. The third-order valence-electron chi connectivity index (χ3n) is 3.27. The molecule has 1 saturated carbocycles. The molecule has 0 aliphatic heterocycles. The minimum atomic E-state index is -2.59. The summed E-state index contributed by atoms with van der Waals surface area (Å²) >= 11 is 0. The van der Waals surface area contributed by atoms with Crippen molar-refractivity contribution >= 4 is 0 Å². The molecule has 17 heavy (non-hydrogen) atoms. The van der Waals surface area contributed by atoms with Gasteiger partial charge in [-0.1, -0.05) is 0 Å². The van der Waals surface area contributed by atoms with E-state index >= 15 is 0 Å². The van der Waals surface area contributed by atoms with Crippen LogP contribution in [0.25, 0.3) is 0 Å². The minimum absolute atomic E-state index is 0.183. The van der Waals surface area contributed by atoms with E-state index in [2.05, 4.69) is 4.98 Å². The Labute approximate surface area is 98.0 Å². The summed E-state index contributed by atoms with van der Waals surface area (Å²) in [4.78, 5) is 4.02. The number of pyridine rings is 1. The van der Waals surface area contributed by atoms with Gasteiger partial charge in [-0.3, -0.25) is 4.98 Å². The van der Waals surface area contributed by atoms with Gasteiger partial charge >= 0.3 is 0 Å². The highest BCUT2D eigenvalue weighted by atomic mass is 19.3. The first-order valence-electron chi connectivity index (χ1n) is 5.74. The lowest BCUT2D eigenvalue weighted by Crippen LogP contribution is -2.24. The van der Waals surface area contributed by atoms with Crippen molar-refractivity contribution in [3.8, 4) is 0 Å². The van der Waals surface area contributed by atoms with Crippen LogP contribution in [0.1, 0.15) is 42.9 Å². The summed E-state index contributed by atoms with van der Waals surface area (Å²) in [5.41, 5.74) is 6.30.